The average molecular weight is 336 g/mol. The zero-order chi connectivity index (χ0) is 17.2. The summed E-state index contributed by atoms with van der Waals surface area (Å²) < 4.78 is 2.06. The molecule has 6 heteroatoms. The molecule has 0 bridgehead atoms. The van der Waals surface area contributed by atoms with Crippen molar-refractivity contribution in [3.63, 3.8) is 0 Å². The highest BCUT2D eigenvalue weighted by Gasteiger charge is 2.19. The lowest BCUT2D eigenvalue weighted by Gasteiger charge is -2.26. The number of nitrogens with one attached hydrogen (secondary N) is 1. The Balaban J connectivity index is 1.55. The molecule has 130 valence electrons. The van der Waals surface area contributed by atoms with Gasteiger partial charge in [0.25, 0.3) is 0 Å². The van der Waals surface area contributed by atoms with Crippen LogP contribution < -0.4 is 11.1 Å². The molecule has 0 spiro atoms. The molecule has 6 nitrogen and oxygen atoms in total. The molecular formula is C19H24N6. The Hall–Kier alpha value is -2.47. The minimum atomic E-state index is 0.383. The van der Waals surface area contributed by atoms with Crippen LogP contribution in [-0.2, 0) is 0 Å². The van der Waals surface area contributed by atoms with Crippen LogP contribution >= 0.6 is 0 Å². The van der Waals surface area contributed by atoms with Gasteiger partial charge in [0.1, 0.15) is 5.65 Å². The summed E-state index contributed by atoms with van der Waals surface area (Å²) in [5, 5.41) is 3.41. The van der Waals surface area contributed by atoms with Crippen LogP contribution in [0.25, 0.3) is 17.0 Å². The van der Waals surface area contributed by atoms with Gasteiger partial charge >= 0.3 is 0 Å². The molecule has 0 aliphatic heterocycles. The lowest BCUT2D eigenvalue weighted by atomic mass is 9.86. The van der Waals surface area contributed by atoms with E-state index in [0.29, 0.717) is 17.9 Å². The number of rotatable bonds is 4. The zero-order valence-corrected chi connectivity index (χ0v) is 14.5. The summed E-state index contributed by atoms with van der Waals surface area (Å²) in [6.45, 7) is 2.94. The molecular weight excluding hydrogens is 312 g/mol. The summed E-state index contributed by atoms with van der Waals surface area (Å²) in [7, 11) is 0. The van der Waals surface area contributed by atoms with Crippen LogP contribution in [0.4, 0.5) is 5.95 Å². The van der Waals surface area contributed by atoms with Crippen LogP contribution in [0, 0.1) is 12.8 Å². The number of pyridine rings is 1. The number of aryl methyl sites for hydroxylation is 1. The smallest absolute Gasteiger partial charge is 0.223 e. The molecule has 25 heavy (non-hydrogen) atoms. The van der Waals surface area contributed by atoms with E-state index in [1.807, 2.05) is 43.7 Å². The van der Waals surface area contributed by atoms with Gasteiger partial charge in [-0.3, -0.25) is 4.40 Å². The quantitative estimate of drug-likeness (QED) is 0.765. The van der Waals surface area contributed by atoms with E-state index in [1.165, 1.54) is 12.8 Å². The van der Waals surface area contributed by atoms with E-state index >= 15 is 0 Å². The highest BCUT2D eigenvalue weighted by Crippen LogP contribution is 2.25. The van der Waals surface area contributed by atoms with Crippen molar-refractivity contribution in [3.05, 3.63) is 42.4 Å². The van der Waals surface area contributed by atoms with Gasteiger partial charge in [-0.15, -0.1) is 0 Å². The standard InChI is InChI=1S/C19H24N6/c1-13-10-22-19(23-11-14-5-7-15(20)8-6-14)24-18(13)16-12-21-17-4-2-3-9-25(16)17/h2-4,9-10,12,14-15H,5-8,11,20H2,1H3,(H,22,23,24). The van der Waals surface area contributed by atoms with Crippen LogP contribution in [0.3, 0.4) is 0 Å². The predicted octanol–water partition coefficient (Wildman–Crippen LogP) is 3.03. The first kappa shape index (κ1) is 16.0. The van der Waals surface area contributed by atoms with Crippen molar-refractivity contribution >= 4 is 11.6 Å². The van der Waals surface area contributed by atoms with Crippen LogP contribution in [0.2, 0.25) is 0 Å². The molecule has 1 saturated carbocycles. The Labute approximate surface area is 147 Å². The second-order valence-corrected chi connectivity index (χ2v) is 6.96. The zero-order valence-electron chi connectivity index (χ0n) is 14.5. The monoisotopic (exact) mass is 336 g/mol. The van der Waals surface area contributed by atoms with Crippen molar-refractivity contribution < 1.29 is 0 Å². The molecule has 3 aromatic rings. The molecule has 3 heterocycles. The molecule has 0 aromatic carbocycles. The summed E-state index contributed by atoms with van der Waals surface area (Å²) in [4.78, 5) is 13.7. The average Bonchev–Trinajstić information content (AvgIpc) is 3.06. The number of anilines is 1. The number of imidazole rings is 1. The van der Waals surface area contributed by atoms with E-state index in [2.05, 4.69) is 19.7 Å². The second-order valence-electron chi connectivity index (χ2n) is 6.96. The first-order valence-electron chi connectivity index (χ1n) is 8.96. The number of hydrogen-bond donors (Lipinski definition) is 2. The minimum Gasteiger partial charge on any atom is -0.354 e. The maximum absolute atomic E-state index is 5.99. The third kappa shape index (κ3) is 3.35. The summed E-state index contributed by atoms with van der Waals surface area (Å²) in [5.74, 6) is 1.34. The second kappa shape index (κ2) is 6.80. The fraction of sp³-hybridized carbons (Fsp3) is 0.421. The van der Waals surface area contributed by atoms with Gasteiger partial charge in [0.05, 0.1) is 17.6 Å². The summed E-state index contributed by atoms with van der Waals surface area (Å²) in [6, 6.07) is 6.37. The number of nitrogens with two attached hydrogens (primary N) is 1. The Morgan fingerprint density at radius 3 is 2.84 bits per heavy atom. The van der Waals surface area contributed by atoms with Crippen molar-refractivity contribution in [2.75, 3.05) is 11.9 Å². The first-order chi connectivity index (χ1) is 12.2. The van der Waals surface area contributed by atoms with Gasteiger partial charge < -0.3 is 11.1 Å². The Kier molecular flexibility index (Phi) is 4.36. The van der Waals surface area contributed by atoms with Gasteiger partial charge in [-0.05, 0) is 56.2 Å². The van der Waals surface area contributed by atoms with Gasteiger partial charge in [-0.25, -0.2) is 15.0 Å². The molecule has 1 aliphatic rings. The van der Waals surface area contributed by atoms with Crippen LogP contribution in [0.5, 0.6) is 0 Å². The van der Waals surface area contributed by atoms with Gasteiger partial charge in [-0.2, -0.15) is 0 Å². The topological polar surface area (TPSA) is 81.1 Å². The molecule has 0 unspecified atom stereocenters. The van der Waals surface area contributed by atoms with Crippen molar-refractivity contribution in [2.24, 2.45) is 11.7 Å². The van der Waals surface area contributed by atoms with Gasteiger partial charge in [0.15, 0.2) is 0 Å². The van der Waals surface area contributed by atoms with Crippen LogP contribution in [-0.4, -0.2) is 31.9 Å². The fourth-order valence-corrected chi connectivity index (χ4v) is 3.52. The third-order valence-electron chi connectivity index (χ3n) is 5.07. The third-order valence-corrected chi connectivity index (χ3v) is 5.07. The number of hydrogen-bond acceptors (Lipinski definition) is 5. The Bertz CT molecular complexity index is 863. The SMILES string of the molecule is Cc1cnc(NCC2CCC(N)CC2)nc1-c1cnc2ccccn12. The largest absolute Gasteiger partial charge is 0.354 e. The maximum Gasteiger partial charge on any atom is 0.223 e. The lowest BCUT2D eigenvalue weighted by molar-refractivity contribution is 0.338. The highest BCUT2D eigenvalue weighted by molar-refractivity contribution is 5.63. The van der Waals surface area contributed by atoms with Gasteiger partial charge in [-0.1, -0.05) is 6.07 Å². The van der Waals surface area contributed by atoms with E-state index in [1.54, 1.807) is 0 Å². The molecule has 0 amide bonds. The summed E-state index contributed by atoms with van der Waals surface area (Å²) >= 11 is 0. The molecule has 0 radical (unpaired) electrons. The summed E-state index contributed by atoms with van der Waals surface area (Å²) in [6.07, 6.45) is 10.4. The molecule has 3 N–H and O–H groups in total. The van der Waals surface area contributed by atoms with E-state index in [9.17, 15) is 0 Å². The van der Waals surface area contributed by atoms with Crippen molar-refractivity contribution in [1.29, 1.82) is 0 Å². The fourth-order valence-electron chi connectivity index (χ4n) is 3.52. The highest BCUT2D eigenvalue weighted by atomic mass is 15.1. The molecule has 4 rings (SSSR count). The molecule has 1 fully saturated rings. The van der Waals surface area contributed by atoms with Crippen molar-refractivity contribution in [3.8, 4) is 11.4 Å². The van der Waals surface area contributed by atoms with E-state index < -0.39 is 0 Å². The lowest BCUT2D eigenvalue weighted by Crippen LogP contribution is -2.29. The molecule has 0 atom stereocenters. The van der Waals surface area contributed by atoms with E-state index in [-0.39, 0.29) is 0 Å². The van der Waals surface area contributed by atoms with E-state index in [0.717, 1.165) is 42.0 Å². The van der Waals surface area contributed by atoms with Crippen molar-refractivity contribution in [1.82, 2.24) is 19.4 Å². The Morgan fingerprint density at radius 2 is 2.00 bits per heavy atom. The van der Waals surface area contributed by atoms with Crippen molar-refractivity contribution in [2.45, 2.75) is 38.6 Å². The number of fused-ring (bicyclic) bond motifs is 1. The molecule has 1 aliphatic carbocycles. The number of nitrogens with zero attached hydrogens (tertiary/aromatic N) is 4. The maximum atomic E-state index is 5.99. The number of aromatic nitrogens is 4. The van der Waals surface area contributed by atoms with Gasteiger partial charge in [0.2, 0.25) is 5.95 Å². The molecule has 0 saturated heterocycles. The Morgan fingerprint density at radius 1 is 1.16 bits per heavy atom. The van der Waals surface area contributed by atoms with Crippen LogP contribution in [0.15, 0.2) is 36.8 Å². The minimum absolute atomic E-state index is 0.383. The first-order valence-corrected chi connectivity index (χ1v) is 8.96. The summed E-state index contributed by atoms with van der Waals surface area (Å²) in [5.41, 5.74) is 9.86. The molecule has 3 aromatic heterocycles. The van der Waals surface area contributed by atoms with E-state index in [4.69, 9.17) is 10.7 Å². The predicted molar refractivity (Wildman–Crippen MR) is 99.4 cm³/mol. The van der Waals surface area contributed by atoms with Gasteiger partial charge in [0, 0.05) is 25.0 Å². The van der Waals surface area contributed by atoms with Crippen LogP contribution in [0.1, 0.15) is 31.2 Å². The normalized spacial score (nSPS) is 20.7.